The average molecular weight is 491 g/mol. The van der Waals surface area contributed by atoms with Crippen molar-refractivity contribution in [3.63, 3.8) is 0 Å². The highest BCUT2D eigenvalue weighted by Gasteiger charge is 2.21. The minimum atomic E-state index is -1.12. The summed E-state index contributed by atoms with van der Waals surface area (Å²) in [7, 11) is 0. The number of halogens is 1. The van der Waals surface area contributed by atoms with E-state index in [1.165, 1.54) is 12.4 Å². The fourth-order valence-electron chi connectivity index (χ4n) is 4.38. The molecule has 36 heavy (non-hydrogen) atoms. The Morgan fingerprint density at radius 2 is 1.86 bits per heavy atom. The number of rotatable bonds is 7. The van der Waals surface area contributed by atoms with Gasteiger partial charge >= 0.3 is 0 Å². The highest BCUT2D eigenvalue weighted by atomic mass is 19.1. The fourth-order valence-corrected chi connectivity index (χ4v) is 4.38. The van der Waals surface area contributed by atoms with E-state index in [9.17, 15) is 9.50 Å². The van der Waals surface area contributed by atoms with Gasteiger partial charge in [0.25, 0.3) is 0 Å². The predicted molar refractivity (Wildman–Crippen MR) is 137 cm³/mol. The van der Waals surface area contributed by atoms with Gasteiger partial charge in [-0.15, -0.1) is 0 Å². The molecular weight excluding hydrogens is 459 g/mol. The highest BCUT2D eigenvalue weighted by Crippen LogP contribution is 2.26. The normalized spacial score (nSPS) is 15.4. The van der Waals surface area contributed by atoms with Crippen molar-refractivity contribution >= 4 is 22.7 Å². The van der Waals surface area contributed by atoms with E-state index < -0.39 is 11.4 Å². The van der Waals surface area contributed by atoms with E-state index in [4.69, 9.17) is 4.74 Å². The molecule has 1 fully saturated rings. The molecule has 3 aromatic heterocycles. The maximum absolute atomic E-state index is 14.6. The van der Waals surface area contributed by atoms with Crippen LogP contribution in [0.2, 0.25) is 0 Å². The van der Waals surface area contributed by atoms with Gasteiger partial charge in [0.2, 0.25) is 5.95 Å². The Hall–Kier alpha value is -3.56. The van der Waals surface area contributed by atoms with Crippen molar-refractivity contribution in [3.8, 4) is 11.6 Å². The summed E-state index contributed by atoms with van der Waals surface area (Å²) in [4.78, 5) is 15.8. The third kappa shape index (κ3) is 5.17. The summed E-state index contributed by atoms with van der Waals surface area (Å²) in [5.41, 5.74) is 0.530. The van der Waals surface area contributed by atoms with Gasteiger partial charge in [-0.25, -0.2) is 14.4 Å². The van der Waals surface area contributed by atoms with E-state index in [1.54, 1.807) is 36.6 Å². The number of pyridine rings is 1. The van der Waals surface area contributed by atoms with Gasteiger partial charge in [-0.05, 0) is 69.6 Å². The minimum absolute atomic E-state index is 0.239. The molecule has 0 spiro atoms. The Labute approximate surface area is 209 Å². The van der Waals surface area contributed by atoms with Gasteiger partial charge in [0.05, 0.1) is 11.1 Å². The van der Waals surface area contributed by atoms with E-state index >= 15 is 0 Å². The minimum Gasteiger partial charge on any atom is -0.490 e. The Kier molecular flexibility index (Phi) is 6.59. The Balaban J connectivity index is 1.34. The third-order valence-electron chi connectivity index (χ3n) is 6.50. The first-order chi connectivity index (χ1) is 17.3. The maximum atomic E-state index is 14.6. The van der Waals surface area contributed by atoms with Crippen LogP contribution in [0.1, 0.15) is 39.3 Å². The third-order valence-corrected chi connectivity index (χ3v) is 6.50. The van der Waals surface area contributed by atoms with Gasteiger partial charge in [-0.2, -0.15) is 4.98 Å². The lowest BCUT2D eigenvalue weighted by Gasteiger charge is -2.31. The largest absolute Gasteiger partial charge is 0.490 e. The summed E-state index contributed by atoms with van der Waals surface area (Å²) in [6.45, 7) is 8.73. The number of piperidine rings is 1. The SMILES string of the molecule is CCN1CCC(Oc2ccc(Nc3ncc4c(F)cn(-c5cccc(C(C)(C)O)n5)c4n3)cc2)CC1. The van der Waals surface area contributed by atoms with Crippen molar-refractivity contribution < 1.29 is 14.2 Å². The number of nitrogens with one attached hydrogen (secondary N) is 1. The summed E-state index contributed by atoms with van der Waals surface area (Å²) in [6.07, 6.45) is 5.09. The number of likely N-dealkylation sites (tertiary alicyclic amines) is 1. The summed E-state index contributed by atoms with van der Waals surface area (Å²) in [5, 5.41) is 13.8. The van der Waals surface area contributed by atoms with Crippen LogP contribution in [0.5, 0.6) is 5.75 Å². The molecule has 1 saturated heterocycles. The van der Waals surface area contributed by atoms with Crippen LogP contribution in [0.25, 0.3) is 16.9 Å². The summed E-state index contributed by atoms with van der Waals surface area (Å²) >= 11 is 0. The molecule has 9 heteroatoms. The Bertz CT molecular complexity index is 1340. The topological polar surface area (TPSA) is 88.3 Å². The van der Waals surface area contributed by atoms with Crippen LogP contribution in [0.3, 0.4) is 0 Å². The van der Waals surface area contributed by atoms with Crippen molar-refractivity contribution in [2.45, 2.75) is 45.3 Å². The maximum Gasteiger partial charge on any atom is 0.229 e. The summed E-state index contributed by atoms with van der Waals surface area (Å²) in [5.74, 6) is 1.18. The van der Waals surface area contributed by atoms with Gasteiger partial charge in [0.1, 0.15) is 23.3 Å². The molecule has 0 amide bonds. The van der Waals surface area contributed by atoms with Crippen LogP contribution in [0.4, 0.5) is 16.0 Å². The standard InChI is InChI=1S/C27H31FN6O2/c1-4-33-14-12-20(13-15-33)36-19-10-8-18(9-11-19)30-26-29-16-21-22(28)17-34(25(21)32-26)24-7-5-6-23(31-24)27(2,3)35/h5-11,16-17,20,35H,4,12-15H2,1-3H3,(H,29,30,32). The smallest absolute Gasteiger partial charge is 0.229 e. The number of hydrogen-bond donors (Lipinski definition) is 2. The van der Waals surface area contributed by atoms with Crippen LogP contribution in [0.15, 0.2) is 54.9 Å². The van der Waals surface area contributed by atoms with E-state index in [1.807, 2.05) is 24.3 Å². The van der Waals surface area contributed by atoms with Crippen LogP contribution >= 0.6 is 0 Å². The first-order valence-electron chi connectivity index (χ1n) is 12.3. The van der Waals surface area contributed by atoms with Crippen LogP contribution in [-0.4, -0.2) is 55.3 Å². The Morgan fingerprint density at radius 3 is 2.56 bits per heavy atom. The molecule has 0 saturated carbocycles. The second-order valence-corrected chi connectivity index (χ2v) is 9.62. The van der Waals surface area contributed by atoms with Crippen molar-refractivity contribution in [1.29, 1.82) is 0 Å². The number of hydrogen-bond acceptors (Lipinski definition) is 7. The van der Waals surface area contributed by atoms with Gasteiger partial charge < -0.3 is 20.1 Å². The molecule has 0 unspecified atom stereocenters. The number of anilines is 2. The molecule has 0 radical (unpaired) electrons. The second-order valence-electron chi connectivity index (χ2n) is 9.62. The molecule has 2 N–H and O–H groups in total. The molecule has 1 aliphatic rings. The zero-order chi connectivity index (χ0) is 25.3. The van der Waals surface area contributed by atoms with Crippen molar-refractivity contribution in [1.82, 2.24) is 24.4 Å². The van der Waals surface area contributed by atoms with Gasteiger partial charge in [0.15, 0.2) is 11.5 Å². The zero-order valence-corrected chi connectivity index (χ0v) is 20.8. The zero-order valence-electron chi connectivity index (χ0n) is 20.8. The Morgan fingerprint density at radius 1 is 1.11 bits per heavy atom. The lowest BCUT2D eigenvalue weighted by Crippen LogP contribution is -2.37. The monoisotopic (exact) mass is 490 g/mol. The van der Waals surface area contributed by atoms with Gasteiger partial charge in [-0.1, -0.05) is 13.0 Å². The van der Waals surface area contributed by atoms with Crippen molar-refractivity contribution in [2.24, 2.45) is 0 Å². The molecule has 4 aromatic rings. The predicted octanol–water partition coefficient (Wildman–Crippen LogP) is 4.79. The van der Waals surface area contributed by atoms with Crippen molar-refractivity contribution in [2.75, 3.05) is 25.0 Å². The molecule has 1 aliphatic heterocycles. The molecule has 5 rings (SSSR count). The molecule has 0 aliphatic carbocycles. The van der Waals surface area contributed by atoms with E-state index in [-0.39, 0.29) is 11.5 Å². The average Bonchev–Trinajstić information content (AvgIpc) is 3.21. The van der Waals surface area contributed by atoms with E-state index in [2.05, 4.69) is 32.1 Å². The lowest BCUT2D eigenvalue weighted by atomic mass is 10.1. The molecule has 1 aromatic carbocycles. The van der Waals surface area contributed by atoms with Gasteiger partial charge in [-0.3, -0.25) is 4.57 Å². The van der Waals surface area contributed by atoms with E-state index in [0.29, 0.717) is 23.1 Å². The number of aliphatic hydroxyl groups is 1. The van der Waals surface area contributed by atoms with Crippen LogP contribution < -0.4 is 10.1 Å². The lowest BCUT2D eigenvalue weighted by molar-refractivity contribution is 0.0738. The molecule has 0 atom stereocenters. The van der Waals surface area contributed by atoms with Gasteiger partial charge in [0, 0.05) is 31.2 Å². The van der Waals surface area contributed by atoms with Crippen molar-refractivity contribution in [3.05, 3.63) is 66.4 Å². The van der Waals surface area contributed by atoms with Crippen LogP contribution in [-0.2, 0) is 5.60 Å². The first kappa shape index (κ1) is 24.1. The number of benzene rings is 1. The number of fused-ring (bicyclic) bond motifs is 1. The first-order valence-corrected chi connectivity index (χ1v) is 12.3. The number of nitrogens with zero attached hydrogens (tertiary/aromatic N) is 5. The summed E-state index contributed by atoms with van der Waals surface area (Å²) in [6, 6.07) is 12.9. The number of aromatic nitrogens is 4. The quantitative estimate of drug-likeness (QED) is 0.385. The molecule has 4 heterocycles. The van der Waals surface area contributed by atoms with Crippen LogP contribution in [0, 0.1) is 5.82 Å². The molecule has 0 bridgehead atoms. The fraction of sp³-hybridized carbons (Fsp3) is 0.370. The highest BCUT2D eigenvalue weighted by molar-refractivity contribution is 5.79. The molecular formula is C27H31FN6O2. The molecule has 188 valence electrons. The number of ether oxygens (including phenoxy) is 1. The molecule has 8 nitrogen and oxygen atoms in total. The second kappa shape index (κ2) is 9.83. The summed E-state index contributed by atoms with van der Waals surface area (Å²) < 4.78 is 22.4. The van der Waals surface area contributed by atoms with E-state index in [0.717, 1.165) is 43.9 Å².